The van der Waals surface area contributed by atoms with Gasteiger partial charge >= 0.3 is 0 Å². The molecule has 0 amide bonds. The van der Waals surface area contributed by atoms with Crippen molar-refractivity contribution in [2.45, 2.75) is 19.1 Å². The predicted molar refractivity (Wildman–Crippen MR) is 63.8 cm³/mol. The molecule has 0 radical (unpaired) electrons. The van der Waals surface area contributed by atoms with Crippen LogP contribution in [0.5, 0.6) is 0 Å². The number of aromatic nitrogens is 2. The molecule has 80 valence electrons. The Morgan fingerprint density at radius 1 is 1.64 bits per heavy atom. The Labute approximate surface area is 89.2 Å². The SMILES string of the molecule is CSC(C)CNc1c(N)c(C)nn1C. The molecule has 0 spiro atoms. The van der Waals surface area contributed by atoms with Gasteiger partial charge in [0.15, 0.2) is 0 Å². The molecule has 14 heavy (non-hydrogen) atoms. The van der Waals surface area contributed by atoms with Crippen molar-refractivity contribution in [1.82, 2.24) is 9.78 Å². The minimum Gasteiger partial charge on any atom is -0.394 e. The molecule has 0 aromatic carbocycles. The van der Waals surface area contributed by atoms with E-state index in [4.69, 9.17) is 5.73 Å². The van der Waals surface area contributed by atoms with E-state index in [0.29, 0.717) is 5.25 Å². The van der Waals surface area contributed by atoms with Crippen LogP contribution in [0, 0.1) is 6.92 Å². The van der Waals surface area contributed by atoms with Gasteiger partial charge in [0.2, 0.25) is 0 Å². The lowest BCUT2D eigenvalue weighted by molar-refractivity contribution is 0.757. The molecule has 0 aliphatic carbocycles. The molecule has 1 atom stereocenters. The highest BCUT2D eigenvalue weighted by molar-refractivity contribution is 7.99. The molecule has 0 saturated carbocycles. The molecule has 0 saturated heterocycles. The van der Waals surface area contributed by atoms with E-state index in [-0.39, 0.29) is 0 Å². The summed E-state index contributed by atoms with van der Waals surface area (Å²) in [6, 6.07) is 0. The summed E-state index contributed by atoms with van der Waals surface area (Å²) >= 11 is 1.83. The highest BCUT2D eigenvalue weighted by Gasteiger charge is 2.09. The number of aryl methyl sites for hydroxylation is 2. The van der Waals surface area contributed by atoms with Crippen LogP contribution in [0.15, 0.2) is 0 Å². The number of hydrogen-bond acceptors (Lipinski definition) is 4. The summed E-state index contributed by atoms with van der Waals surface area (Å²) in [6.45, 7) is 5.00. The van der Waals surface area contributed by atoms with E-state index in [2.05, 4.69) is 23.6 Å². The first kappa shape index (κ1) is 11.2. The lowest BCUT2D eigenvalue weighted by Crippen LogP contribution is -2.15. The van der Waals surface area contributed by atoms with Gasteiger partial charge in [-0.2, -0.15) is 16.9 Å². The Bertz CT molecular complexity index is 308. The minimum atomic E-state index is 0.574. The van der Waals surface area contributed by atoms with Crippen LogP contribution < -0.4 is 11.1 Å². The molecule has 1 aromatic rings. The summed E-state index contributed by atoms with van der Waals surface area (Å²) in [7, 11) is 1.90. The number of nitrogens with one attached hydrogen (secondary N) is 1. The third kappa shape index (κ3) is 2.35. The van der Waals surface area contributed by atoms with Crippen molar-refractivity contribution >= 4 is 23.3 Å². The highest BCUT2D eigenvalue weighted by Crippen LogP contribution is 2.21. The molecule has 4 nitrogen and oxygen atoms in total. The van der Waals surface area contributed by atoms with Crippen LogP contribution in [0.1, 0.15) is 12.6 Å². The van der Waals surface area contributed by atoms with Gasteiger partial charge in [-0.3, -0.25) is 4.68 Å². The second-order valence-electron chi connectivity index (χ2n) is 3.40. The smallest absolute Gasteiger partial charge is 0.147 e. The number of nitrogen functional groups attached to an aromatic ring is 1. The van der Waals surface area contributed by atoms with Gasteiger partial charge in [-0.05, 0) is 13.2 Å². The number of rotatable bonds is 4. The summed E-state index contributed by atoms with van der Waals surface area (Å²) < 4.78 is 1.79. The lowest BCUT2D eigenvalue weighted by atomic mass is 10.4. The van der Waals surface area contributed by atoms with Crippen LogP contribution in [0.3, 0.4) is 0 Å². The summed E-state index contributed by atoms with van der Waals surface area (Å²) in [5.41, 5.74) is 7.51. The average molecular weight is 214 g/mol. The van der Waals surface area contributed by atoms with Crippen molar-refractivity contribution in [3.63, 3.8) is 0 Å². The van der Waals surface area contributed by atoms with Crippen LogP contribution in [0.25, 0.3) is 0 Å². The molecular weight excluding hydrogens is 196 g/mol. The summed E-state index contributed by atoms with van der Waals surface area (Å²) in [4.78, 5) is 0. The molecule has 0 aliphatic rings. The van der Waals surface area contributed by atoms with E-state index < -0.39 is 0 Å². The second kappa shape index (κ2) is 4.59. The first-order valence-corrected chi connectivity index (χ1v) is 5.90. The zero-order valence-corrected chi connectivity index (χ0v) is 9.98. The zero-order chi connectivity index (χ0) is 10.7. The summed E-state index contributed by atoms with van der Waals surface area (Å²) in [6.07, 6.45) is 2.10. The Morgan fingerprint density at radius 3 is 2.71 bits per heavy atom. The number of nitrogens with zero attached hydrogens (tertiary/aromatic N) is 2. The normalized spacial score (nSPS) is 12.9. The summed E-state index contributed by atoms with van der Waals surface area (Å²) in [5.74, 6) is 0.920. The standard InChI is InChI=1S/C9H18N4S/c1-6(14-4)5-11-9-8(10)7(2)12-13(9)3/h6,11H,5,10H2,1-4H3. The zero-order valence-electron chi connectivity index (χ0n) is 9.16. The van der Waals surface area contributed by atoms with Crippen LogP contribution >= 0.6 is 11.8 Å². The molecule has 3 N–H and O–H groups in total. The maximum atomic E-state index is 5.88. The molecule has 5 heteroatoms. The van der Waals surface area contributed by atoms with Gasteiger partial charge in [-0.1, -0.05) is 6.92 Å². The van der Waals surface area contributed by atoms with Gasteiger partial charge in [0, 0.05) is 18.8 Å². The Morgan fingerprint density at radius 2 is 2.29 bits per heavy atom. The fourth-order valence-electron chi connectivity index (χ4n) is 1.21. The number of thioether (sulfide) groups is 1. The minimum absolute atomic E-state index is 0.574. The van der Waals surface area contributed by atoms with Gasteiger partial charge in [0.1, 0.15) is 5.82 Å². The first-order chi connectivity index (χ1) is 6.56. The van der Waals surface area contributed by atoms with Gasteiger partial charge in [-0.15, -0.1) is 0 Å². The van der Waals surface area contributed by atoms with Crippen LogP contribution in [-0.4, -0.2) is 27.8 Å². The Kier molecular flexibility index (Phi) is 3.69. The third-order valence-electron chi connectivity index (χ3n) is 2.23. The Balaban J connectivity index is 2.67. The van der Waals surface area contributed by atoms with Crippen molar-refractivity contribution in [2.24, 2.45) is 7.05 Å². The van der Waals surface area contributed by atoms with E-state index in [1.54, 1.807) is 4.68 Å². The molecule has 0 aliphatic heterocycles. The molecule has 0 fully saturated rings. The van der Waals surface area contributed by atoms with Crippen LogP contribution in [0.2, 0.25) is 0 Å². The maximum absolute atomic E-state index is 5.88. The molecular formula is C9H18N4S. The van der Waals surface area contributed by atoms with E-state index in [9.17, 15) is 0 Å². The highest BCUT2D eigenvalue weighted by atomic mass is 32.2. The van der Waals surface area contributed by atoms with Crippen molar-refractivity contribution in [2.75, 3.05) is 23.9 Å². The molecule has 1 unspecified atom stereocenters. The third-order valence-corrected chi connectivity index (χ3v) is 3.20. The number of anilines is 2. The van der Waals surface area contributed by atoms with E-state index in [1.807, 2.05) is 25.7 Å². The van der Waals surface area contributed by atoms with Crippen molar-refractivity contribution in [1.29, 1.82) is 0 Å². The summed E-state index contributed by atoms with van der Waals surface area (Å²) in [5, 5.41) is 8.12. The van der Waals surface area contributed by atoms with Crippen LogP contribution in [0.4, 0.5) is 11.5 Å². The van der Waals surface area contributed by atoms with Crippen molar-refractivity contribution in [3.05, 3.63) is 5.69 Å². The molecule has 1 rings (SSSR count). The average Bonchev–Trinajstić information content (AvgIpc) is 2.39. The van der Waals surface area contributed by atoms with Gasteiger partial charge in [-0.25, -0.2) is 0 Å². The van der Waals surface area contributed by atoms with Gasteiger partial charge in [0.05, 0.1) is 11.4 Å². The van der Waals surface area contributed by atoms with E-state index in [1.165, 1.54) is 0 Å². The molecule has 0 bridgehead atoms. The molecule has 1 heterocycles. The van der Waals surface area contributed by atoms with Gasteiger partial charge in [0.25, 0.3) is 0 Å². The van der Waals surface area contributed by atoms with E-state index in [0.717, 1.165) is 23.7 Å². The largest absolute Gasteiger partial charge is 0.394 e. The van der Waals surface area contributed by atoms with Crippen LogP contribution in [-0.2, 0) is 7.05 Å². The number of nitrogens with two attached hydrogens (primary N) is 1. The van der Waals surface area contributed by atoms with E-state index >= 15 is 0 Å². The quantitative estimate of drug-likeness (QED) is 0.797. The number of hydrogen-bond donors (Lipinski definition) is 2. The maximum Gasteiger partial charge on any atom is 0.147 e. The monoisotopic (exact) mass is 214 g/mol. The Hall–Kier alpha value is -0.840. The van der Waals surface area contributed by atoms with Crippen molar-refractivity contribution < 1.29 is 0 Å². The topological polar surface area (TPSA) is 55.9 Å². The molecule has 1 aromatic heterocycles. The fourth-order valence-corrected chi connectivity index (χ4v) is 1.46. The first-order valence-electron chi connectivity index (χ1n) is 4.62. The second-order valence-corrected chi connectivity index (χ2v) is 4.67. The lowest BCUT2D eigenvalue weighted by Gasteiger charge is -2.11. The predicted octanol–water partition coefficient (Wildman–Crippen LogP) is 1.47. The fraction of sp³-hybridized carbons (Fsp3) is 0.667. The van der Waals surface area contributed by atoms with Gasteiger partial charge < -0.3 is 11.1 Å². The van der Waals surface area contributed by atoms with Crippen molar-refractivity contribution in [3.8, 4) is 0 Å².